The van der Waals surface area contributed by atoms with Crippen LogP contribution in [0, 0.1) is 0 Å². The molecule has 1 fully saturated rings. The molecular formula is C21H27ClN4O9. The van der Waals surface area contributed by atoms with Crippen molar-refractivity contribution >= 4 is 35.5 Å². The first-order chi connectivity index (χ1) is 16.6. The number of nitrogens with zero attached hydrogens (tertiary/aromatic N) is 2. The summed E-state index contributed by atoms with van der Waals surface area (Å²) >= 11 is 5.95. The maximum Gasteiger partial charge on any atom is 0.414 e. The van der Waals surface area contributed by atoms with E-state index in [2.05, 4.69) is 20.4 Å². The van der Waals surface area contributed by atoms with Crippen LogP contribution in [0.15, 0.2) is 30.5 Å². The monoisotopic (exact) mass is 514 g/mol. The zero-order chi connectivity index (χ0) is 26.2. The number of halogens is 1. The number of carboxylic acid groups (broad SMARTS) is 4. The lowest BCUT2D eigenvalue weighted by Crippen LogP contribution is -2.37. The molecule has 13 nitrogen and oxygen atoms in total. The predicted octanol–water partition coefficient (Wildman–Crippen LogP) is 0.853. The Labute approximate surface area is 205 Å². The summed E-state index contributed by atoms with van der Waals surface area (Å²) in [7, 11) is 0. The highest BCUT2D eigenvalue weighted by atomic mass is 35.5. The van der Waals surface area contributed by atoms with E-state index in [1.54, 1.807) is 0 Å². The average Bonchev–Trinajstić information content (AvgIpc) is 3.29. The number of rotatable bonds is 7. The molecule has 1 aromatic heterocycles. The molecule has 0 amide bonds. The van der Waals surface area contributed by atoms with E-state index in [4.69, 9.17) is 55.9 Å². The van der Waals surface area contributed by atoms with Crippen molar-refractivity contribution in [1.29, 1.82) is 0 Å². The molecule has 1 aliphatic heterocycles. The van der Waals surface area contributed by atoms with Gasteiger partial charge in [-0.15, -0.1) is 0 Å². The predicted molar refractivity (Wildman–Crippen MR) is 123 cm³/mol. The lowest BCUT2D eigenvalue weighted by molar-refractivity contribution is -0.159. The van der Waals surface area contributed by atoms with E-state index in [-0.39, 0.29) is 0 Å². The van der Waals surface area contributed by atoms with Crippen LogP contribution in [0.5, 0.6) is 0 Å². The number of hydrogen-bond acceptors (Lipinski definition) is 8. The Morgan fingerprint density at radius 3 is 2.03 bits per heavy atom. The first-order valence-electron chi connectivity index (χ1n) is 10.3. The van der Waals surface area contributed by atoms with Crippen LogP contribution in [0.3, 0.4) is 0 Å². The molecule has 35 heavy (non-hydrogen) atoms. The van der Waals surface area contributed by atoms with Gasteiger partial charge in [0.25, 0.3) is 0 Å². The maximum absolute atomic E-state index is 9.10. The van der Waals surface area contributed by atoms with E-state index in [9.17, 15) is 0 Å². The molecule has 1 aromatic carbocycles. The van der Waals surface area contributed by atoms with Gasteiger partial charge in [0.1, 0.15) is 0 Å². The second-order valence-electron chi connectivity index (χ2n) is 6.98. The van der Waals surface area contributed by atoms with Crippen molar-refractivity contribution in [2.45, 2.75) is 13.0 Å². The van der Waals surface area contributed by atoms with Gasteiger partial charge in [0.15, 0.2) is 0 Å². The fourth-order valence-corrected chi connectivity index (χ4v) is 2.91. The number of benzene rings is 1. The topological polar surface area (TPSA) is 202 Å². The fourth-order valence-electron chi connectivity index (χ4n) is 2.79. The molecular weight excluding hydrogens is 488 g/mol. The molecule has 3 rings (SSSR count). The molecule has 0 radical (unpaired) electrons. The number of H-pyrrole nitrogens is 1. The molecule has 0 saturated carbocycles. The van der Waals surface area contributed by atoms with Crippen molar-refractivity contribution in [2.75, 3.05) is 39.4 Å². The molecule has 2 aromatic rings. The minimum absolute atomic E-state index is 0.746. The van der Waals surface area contributed by atoms with Crippen LogP contribution in [-0.4, -0.2) is 98.8 Å². The average molecular weight is 515 g/mol. The van der Waals surface area contributed by atoms with Gasteiger partial charge in [-0.05, 0) is 37.2 Å². The number of aromatic amines is 1. The quantitative estimate of drug-likeness (QED) is 0.225. The Balaban J connectivity index is 0.000000425. The van der Waals surface area contributed by atoms with Gasteiger partial charge < -0.3 is 30.5 Å². The van der Waals surface area contributed by atoms with Crippen LogP contribution in [0.1, 0.15) is 12.0 Å². The molecule has 1 saturated heterocycles. The Kier molecular flexibility index (Phi) is 13.6. The molecule has 0 atom stereocenters. The SMILES string of the molecule is Clc1ccc(-c2[nH]ncc2CNCCCN2CCOCC2)cc1.O=C(O)C(=O)O.O=C(O)C(=O)O. The Morgan fingerprint density at radius 2 is 1.51 bits per heavy atom. The van der Waals surface area contributed by atoms with E-state index in [1.165, 1.54) is 5.56 Å². The van der Waals surface area contributed by atoms with Crippen LogP contribution < -0.4 is 5.32 Å². The van der Waals surface area contributed by atoms with Crippen molar-refractivity contribution in [2.24, 2.45) is 0 Å². The van der Waals surface area contributed by atoms with Crippen molar-refractivity contribution in [3.63, 3.8) is 0 Å². The van der Waals surface area contributed by atoms with E-state index in [1.807, 2.05) is 30.5 Å². The van der Waals surface area contributed by atoms with Gasteiger partial charge in [-0.2, -0.15) is 5.10 Å². The molecule has 6 N–H and O–H groups in total. The van der Waals surface area contributed by atoms with Crippen molar-refractivity contribution in [3.8, 4) is 11.3 Å². The van der Waals surface area contributed by atoms with Crippen molar-refractivity contribution in [1.82, 2.24) is 20.4 Å². The van der Waals surface area contributed by atoms with Gasteiger partial charge in [-0.1, -0.05) is 23.7 Å². The largest absolute Gasteiger partial charge is 0.473 e. The Hall–Kier alpha value is -3.52. The van der Waals surface area contributed by atoms with Gasteiger partial charge >= 0.3 is 23.9 Å². The van der Waals surface area contributed by atoms with E-state index < -0.39 is 23.9 Å². The van der Waals surface area contributed by atoms with Crippen molar-refractivity contribution in [3.05, 3.63) is 41.0 Å². The van der Waals surface area contributed by atoms with Gasteiger partial charge in [-0.3, -0.25) is 10.00 Å². The van der Waals surface area contributed by atoms with Gasteiger partial charge in [0.2, 0.25) is 0 Å². The number of nitrogens with one attached hydrogen (secondary N) is 2. The molecule has 0 unspecified atom stereocenters. The van der Waals surface area contributed by atoms with Crippen molar-refractivity contribution < 1.29 is 44.3 Å². The summed E-state index contributed by atoms with van der Waals surface area (Å²) in [6.45, 7) is 6.80. The molecule has 0 aliphatic carbocycles. The van der Waals surface area contributed by atoms with Gasteiger partial charge in [0, 0.05) is 30.2 Å². The first-order valence-corrected chi connectivity index (χ1v) is 10.7. The molecule has 1 aliphatic rings. The number of carboxylic acids is 4. The second kappa shape index (κ2) is 16.2. The van der Waals surface area contributed by atoms with Crippen LogP contribution in [0.25, 0.3) is 11.3 Å². The third-order valence-electron chi connectivity index (χ3n) is 4.46. The minimum Gasteiger partial charge on any atom is -0.473 e. The number of aliphatic carboxylic acids is 4. The third kappa shape index (κ3) is 12.5. The second-order valence-corrected chi connectivity index (χ2v) is 7.42. The number of aromatic nitrogens is 2. The fraction of sp³-hybridized carbons (Fsp3) is 0.381. The van der Waals surface area contributed by atoms with Crippen LogP contribution in [-0.2, 0) is 30.5 Å². The first kappa shape index (κ1) is 29.5. The lowest BCUT2D eigenvalue weighted by Gasteiger charge is -2.26. The summed E-state index contributed by atoms with van der Waals surface area (Å²) < 4.78 is 5.36. The maximum atomic E-state index is 9.10. The molecule has 0 bridgehead atoms. The summed E-state index contributed by atoms with van der Waals surface area (Å²) in [5, 5.41) is 41.1. The minimum atomic E-state index is -1.82. The lowest BCUT2D eigenvalue weighted by atomic mass is 10.1. The van der Waals surface area contributed by atoms with E-state index in [0.717, 1.165) is 68.6 Å². The highest BCUT2D eigenvalue weighted by molar-refractivity contribution is 6.30. The summed E-state index contributed by atoms with van der Waals surface area (Å²) in [6, 6.07) is 7.82. The zero-order valence-electron chi connectivity index (χ0n) is 18.6. The van der Waals surface area contributed by atoms with E-state index >= 15 is 0 Å². The number of ether oxygens (including phenoxy) is 1. The van der Waals surface area contributed by atoms with E-state index in [0.29, 0.717) is 0 Å². The summed E-state index contributed by atoms with van der Waals surface area (Å²) in [6.07, 6.45) is 3.03. The standard InChI is InChI=1S/C17H23ClN4O.2C2H2O4/c18-16-4-2-14(3-5-16)17-15(13-20-21-17)12-19-6-1-7-22-8-10-23-11-9-22;2*3-1(4)2(5)6/h2-5,13,19H,1,6-12H2,(H,20,21);2*(H,3,4)(H,5,6). The van der Waals surface area contributed by atoms with Crippen LogP contribution >= 0.6 is 11.6 Å². The van der Waals surface area contributed by atoms with Gasteiger partial charge in [-0.25, -0.2) is 19.2 Å². The van der Waals surface area contributed by atoms with Crippen LogP contribution in [0.2, 0.25) is 5.02 Å². The number of morpholine rings is 1. The number of carbonyl (C=O) groups is 4. The summed E-state index contributed by atoms with van der Waals surface area (Å²) in [5.74, 6) is -7.30. The smallest absolute Gasteiger partial charge is 0.414 e. The highest BCUT2D eigenvalue weighted by Gasteiger charge is 2.10. The van der Waals surface area contributed by atoms with Gasteiger partial charge in [0.05, 0.1) is 25.1 Å². The molecule has 14 heteroatoms. The summed E-state index contributed by atoms with van der Waals surface area (Å²) in [5.41, 5.74) is 3.35. The Bertz CT molecular complexity index is 912. The molecule has 192 valence electrons. The Morgan fingerprint density at radius 1 is 0.971 bits per heavy atom. The molecule has 0 spiro atoms. The highest BCUT2D eigenvalue weighted by Crippen LogP contribution is 2.22. The third-order valence-corrected chi connectivity index (χ3v) is 4.72. The zero-order valence-corrected chi connectivity index (χ0v) is 19.4. The normalized spacial score (nSPS) is 12.9. The number of hydrogen-bond donors (Lipinski definition) is 6. The molecule has 2 heterocycles. The van der Waals surface area contributed by atoms with Crippen LogP contribution in [0.4, 0.5) is 0 Å². The summed E-state index contributed by atoms with van der Waals surface area (Å²) in [4.78, 5) is 38.9.